The van der Waals surface area contributed by atoms with Crippen molar-refractivity contribution in [2.45, 2.75) is 44.6 Å². The van der Waals surface area contributed by atoms with E-state index in [1.807, 2.05) is 4.90 Å². The van der Waals surface area contributed by atoms with E-state index in [2.05, 4.69) is 20.6 Å². The second-order valence-corrected chi connectivity index (χ2v) is 9.61. The van der Waals surface area contributed by atoms with Crippen LogP contribution in [0.25, 0.3) is 11.1 Å². The summed E-state index contributed by atoms with van der Waals surface area (Å²) in [6.07, 6.45) is 5.77. The van der Waals surface area contributed by atoms with Crippen molar-refractivity contribution in [3.8, 4) is 0 Å². The van der Waals surface area contributed by atoms with Crippen LogP contribution in [-0.2, 0) is 9.59 Å². The van der Waals surface area contributed by atoms with E-state index in [-0.39, 0.29) is 51.7 Å². The number of pyridine rings is 2. The highest BCUT2D eigenvalue weighted by atomic mass is 35.5. The van der Waals surface area contributed by atoms with Crippen molar-refractivity contribution in [1.29, 1.82) is 0 Å². The van der Waals surface area contributed by atoms with E-state index in [1.165, 1.54) is 6.20 Å². The molecule has 0 aromatic carbocycles. The highest BCUT2D eigenvalue weighted by Gasteiger charge is 2.34. The Bertz CT molecular complexity index is 1290. The Kier molecular flexibility index (Phi) is 6.62. The summed E-state index contributed by atoms with van der Waals surface area (Å²) in [5, 5.41) is 6.14. The predicted molar refractivity (Wildman–Crippen MR) is 132 cm³/mol. The van der Waals surface area contributed by atoms with Gasteiger partial charge in [0.15, 0.2) is 5.58 Å². The molecule has 1 aliphatic carbocycles. The first-order valence-electron chi connectivity index (χ1n) is 11.5. The number of rotatable bonds is 5. The number of aromatic nitrogens is 2. The number of carbonyl (C=O) groups is 3. The maximum absolute atomic E-state index is 13.2. The lowest BCUT2D eigenvalue weighted by Gasteiger charge is -2.34. The molecule has 0 atom stereocenters. The van der Waals surface area contributed by atoms with Crippen molar-refractivity contribution in [1.82, 2.24) is 14.9 Å². The molecule has 9 nitrogen and oxygen atoms in total. The number of fused-ring (bicyclic) bond motifs is 1. The van der Waals surface area contributed by atoms with E-state index in [0.29, 0.717) is 29.9 Å². The number of hydrogen-bond donors (Lipinski definition) is 2. The fourth-order valence-corrected chi connectivity index (χ4v) is 5.04. The molecule has 3 aromatic rings. The van der Waals surface area contributed by atoms with Crippen molar-refractivity contribution in [2.24, 2.45) is 5.92 Å². The van der Waals surface area contributed by atoms with Gasteiger partial charge in [-0.1, -0.05) is 23.2 Å². The first-order chi connectivity index (χ1) is 16.9. The minimum absolute atomic E-state index is 0.101. The van der Waals surface area contributed by atoms with E-state index in [1.54, 1.807) is 24.3 Å². The largest absolute Gasteiger partial charge is 0.447 e. The normalized spacial score (nSPS) is 20.3. The molecule has 2 N–H and O–H groups in total. The van der Waals surface area contributed by atoms with Crippen LogP contribution < -0.4 is 10.6 Å². The molecule has 0 radical (unpaired) electrons. The Morgan fingerprint density at radius 2 is 1.86 bits per heavy atom. The molecule has 0 bridgehead atoms. The van der Waals surface area contributed by atoms with Crippen LogP contribution in [0.1, 0.15) is 49.1 Å². The molecule has 1 aliphatic heterocycles. The standard InChI is InChI=1S/C24H23Cl2N5O4/c25-14-5-10-18(27-12-14)29-24(34)22-21(20-16(35-22)8-9-17(26)28-20)30-23(33)13-3-6-15(7-4-13)31-11-1-2-19(31)32/h5,8-10,12-13,15H,1-4,6-7,11H2,(H,30,33)(H,27,29,34)/t13-,15-. The monoisotopic (exact) mass is 515 g/mol. The molecule has 2 aliphatic rings. The molecule has 3 aromatic heterocycles. The van der Waals surface area contributed by atoms with E-state index in [9.17, 15) is 14.4 Å². The Balaban J connectivity index is 1.34. The topological polar surface area (TPSA) is 117 Å². The lowest BCUT2D eigenvalue weighted by Crippen LogP contribution is -2.40. The fourth-order valence-electron chi connectivity index (χ4n) is 4.78. The van der Waals surface area contributed by atoms with Gasteiger partial charge in [-0.05, 0) is 56.4 Å². The van der Waals surface area contributed by atoms with Gasteiger partial charge < -0.3 is 20.0 Å². The number of carbonyl (C=O) groups excluding carboxylic acids is 3. The van der Waals surface area contributed by atoms with Crippen molar-refractivity contribution in [2.75, 3.05) is 17.2 Å². The average Bonchev–Trinajstić information content (AvgIpc) is 3.44. The highest BCUT2D eigenvalue weighted by Crippen LogP contribution is 2.34. The molecule has 11 heteroatoms. The van der Waals surface area contributed by atoms with Gasteiger partial charge in [0.2, 0.25) is 17.6 Å². The molecule has 1 saturated heterocycles. The Hall–Kier alpha value is -3.17. The Labute approximate surface area is 211 Å². The minimum atomic E-state index is -0.597. The predicted octanol–water partition coefficient (Wildman–Crippen LogP) is 4.90. The van der Waals surface area contributed by atoms with Gasteiger partial charge in [-0.2, -0.15) is 0 Å². The lowest BCUT2D eigenvalue weighted by molar-refractivity contribution is -0.130. The summed E-state index contributed by atoms with van der Waals surface area (Å²) >= 11 is 11.9. The average molecular weight is 516 g/mol. The minimum Gasteiger partial charge on any atom is -0.447 e. The van der Waals surface area contributed by atoms with Crippen LogP contribution in [0.3, 0.4) is 0 Å². The Morgan fingerprint density at radius 1 is 1.06 bits per heavy atom. The zero-order valence-electron chi connectivity index (χ0n) is 18.7. The smallest absolute Gasteiger partial charge is 0.294 e. The van der Waals surface area contributed by atoms with E-state index >= 15 is 0 Å². The van der Waals surface area contributed by atoms with Gasteiger partial charge in [0, 0.05) is 31.1 Å². The van der Waals surface area contributed by atoms with Crippen LogP contribution in [-0.4, -0.2) is 45.2 Å². The highest BCUT2D eigenvalue weighted by molar-refractivity contribution is 6.30. The summed E-state index contributed by atoms with van der Waals surface area (Å²) in [6.45, 7) is 0.800. The van der Waals surface area contributed by atoms with Gasteiger partial charge in [-0.25, -0.2) is 9.97 Å². The molecule has 0 unspecified atom stereocenters. The number of hydrogen-bond acceptors (Lipinski definition) is 6. The molecule has 182 valence electrons. The Morgan fingerprint density at radius 3 is 2.54 bits per heavy atom. The van der Waals surface area contributed by atoms with Gasteiger partial charge in [0.1, 0.15) is 22.2 Å². The second kappa shape index (κ2) is 9.83. The molecule has 3 amide bonds. The third kappa shape index (κ3) is 4.97. The third-order valence-electron chi connectivity index (χ3n) is 6.54. The number of nitrogens with one attached hydrogen (secondary N) is 2. The summed E-state index contributed by atoms with van der Waals surface area (Å²) in [4.78, 5) is 48.6. The maximum Gasteiger partial charge on any atom is 0.294 e. The number of amides is 3. The zero-order chi connectivity index (χ0) is 24.5. The summed E-state index contributed by atoms with van der Waals surface area (Å²) in [7, 11) is 0. The van der Waals surface area contributed by atoms with Crippen LogP contribution in [0.15, 0.2) is 34.9 Å². The van der Waals surface area contributed by atoms with E-state index in [0.717, 1.165) is 25.8 Å². The SMILES string of the molecule is O=C(Nc1ccc(Cl)cn1)c1oc2ccc(Cl)nc2c1NC(=O)[C@H]1CC[C@H](N2CCCC2=O)CC1. The molecule has 35 heavy (non-hydrogen) atoms. The van der Waals surface area contributed by atoms with Crippen molar-refractivity contribution >= 4 is 63.5 Å². The van der Waals surface area contributed by atoms with Crippen molar-refractivity contribution in [3.63, 3.8) is 0 Å². The van der Waals surface area contributed by atoms with E-state index < -0.39 is 5.91 Å². The maximum atomic E-state index is 13.2. The van der Waals surface area contributed by atoms with Crippen LogP contribution in [0.2, 0.25) is 10.2 Å². The molecule has 0 spiro atoms. The van der Waals surface area contributed by atoms with Crippen molar-refractivity contribution in [3.05, 3.63) is 46.4 Å². The number of likely N-dealkylation sites (tertiary alicyclic amines) is 1. The quantitative estimate of drug-likeness (QED) is 0.466. The molecular formula is C24H23Cl2N5O4. The van der Waals surface area contributed by atoms with Gasteiger partial charge in [-0.15, -0.1) is 0 Å². The number of furan rings is 1. The van der Waals surface area contributed by atoms with Crippen molar-refractivity contribution < 1.29 is 18.8 Å². The van der Waals surface area contributed by atoms with Crippen LogP contribution in [0, 0.1) is 5.92 Å². The van der Waals surface area contributed by atoms with Crippen LogP contribution in [0.5, 0.6) is 0 Å². The van der Waals surface area contributed by atoms with Gasteiger partial charge in [0.25, 0.3) is 5.91 Å². The first-order valence-corrected chi connectivity index (χ1v) is 12.3. The molecular weight excluding hydrogens is 493 g/mol. The second-order valence-electron chi connectivity index (χ2n) is 8.79. The summed E-state index contributed by atoms with van der Waals surface area (Å²) in [6, 6.07) is 6.48. The zero-order valence-corrected chi connectivity index (χ0v) is 20.2. The third-order valence-corrected chi connectivity index (χ3v) is 6.98. The molecule has 1 saturated carbocycles. The van der Waals surface area contributed by atoms with Gasteiger partial charge >= 0.3 is 0 Å². The van der Waals surface area contributed by atoms with Gasteiger partial charge in [0.05, 0.1) is 5.02 Å². The lowest BCUT2D eigenvalue weighted by atomic mass is 9.84. The molecule has 5 rings (SSSR count). The van der Waals surface area contributed by atoms with Crippen LogP contribution >= 0.6 is 23.2 Å². The fraction of sp³-hybridized carbons (Fsp3) is 0.375. The van der Waals surface area contributed by atoms with Crippen LogP contribution in [0.4, 0.5) is 11.5 Å². The summed E-state index contributed by atoms with van der Waals surface area (Å²) < 4.78 is 5.75. The van der Waals surface area contributed by atoms with Gasteiger partial charge in [-0.3, -0.25) is 14.4 Å². The molecule has 2 fully saturated rings. The van der Waals surface area contributed by atoms with E-state index in [4.69, 9.17) is 27.6 Å². The molecule has 4 heterocycles. The first kappa shape index (κ1) is 23.6. The summed E-state index contributed by atoms with van der Waals surface area (Å²) in [5.74, 6) is -0.688. The number of nitrogens with zero attached hydrogens (tertiary/aromatic N) is 3. The number of halogens is 2. The number of anilines is 2. The summed E-state index contributed by atoms with van der Waals surface area (Å²) in [5.41, 5.74) is 0.766.